The van der Waals surface area contributed by atoms with Gasteiger partial charge in [0.15, 0.2) is 0 Å². The highest BCUT2D eigenvalue weighted by atomic mass is 19.1. The lowest BCUT2D eigenvalue weighted by Gasteiger charge is -2.07. The number of aryl methyl sites for hydroxylation is 2. The molecule has 2 aromatic rings. The topological polar surface area (TPSA) is 71.3 Å². The summed E-state index contributed by atoms with van der Waals surface area (Å²) in [4.78, 5) is 23.6. The van der Waals surface area contributed by atoms with Gasteiger partial charge in [0.1, 0.15) is 17.3 Å². The second-order valence-corrected chi connectivity index (χ2v) is 4.54. The zero-order valence-corrected chi connectivity index (χ0v) is 11.7. The van der Waals surface area contributed by atoms with Crippen LogP contribution in [0.1, 0.15) is 21.9 Å². The van der Waals surface area contributed by atoms with E-state index in [9.17, 15) is 14.0 Å². The average molecular weight is 290 g/mol. The van der Waals surface area contributed by atoms with Crippen molar-refractivity contribution in [1.82, 2.24) is 5.32 Å². The molecule has 21 heavy (non-hydrogen) atoms. The highest BCUT2D eigenvalue weighted by molar-refractivity contribution is 5.99. The van der Waals surface area contributed by atoms with Crippen LogP contribution in [0.3, 0.4) is 0 Å². The third-order valence-electron chi connectivity index (χ3n) is 2.84. The number of amides is 2. The van der Waals surface area contributed by atoms with Gasteiger partial charge in [-0.15, -0.1) is 0 Å². The predicted molar refractivity (Wildman–Crippen MR) is 75.5 cm³/mol. The average Bonchev–Trinajstić information content (AvgIpc) is 2.78. The molecule has 0 aliphatic heterocycles. The van der Waals surface area contributed by atoms with Crippen LogP contribution in [0.5, 0.6) is 0 Å². The molecule has 1 aromatic carbocycles. The maximum atomic E-state index is 13.4. The van der Waals surface area contributed by atoms with Crippen LogP contribution >= 0.6 is 0 Å². The Balaban J connectivity index is 1.91. The number of carbonyl (C=O) groups is 2. The van der Waals surface area contributed by atoms with E-state index in [2.05, 4.69) is 10.6 Å². The van der Waals surface area contributed by atoms with Crippen molar-refractivity contribution in [2.24, 2.45) is 0 Å². The summed E-state index contributed by atoms with van der Waals surface area (Å²) in [5.74, 6) is -0.342. The van der Waals surface area contributed by atoms with Gasteiger partial charge >= 0.3 is 0 Å². The van der Waals surface area contributed by atoms with Crippen LogP contribution in [0.2, 0.25) is 0 Å². The van der Waals surface area contributed by atoms with Crippen LogP contribution < -0.4 is 10.6 Å². The molecule has 5 nitrogen and oxygen atoms in total. The fourth-order valence-corrected chi connectivity index (χ4v) is 1.87. The predicted octanol–water partition coefficient (Wildman–Crippen LogP) is 2.40. The lowest BCUT2D eigenvalue weighted by molar-refractivity contribution is -0.115. The normalized spacial score (nSPS) is 10.2. The molecule has 0 atom stereocenters. The molecule has 0 spiro atoms. The van der Waals surface area contributed by atoms with Crippen molar-refractivity contribution < 1.29 is 18.4 Å². The minimum atomic E-state index is -0.529. The monoisotopic (exact) mass is 290 g/mol. The second kappa shape index (κ2) is 6.21. The van der Waals surface area contributed by atoms with E-state index >= 15 is 0 Å². The number of furan rings is 1. The van der Waals surface area contributed by atoms with E-state index < -0.39 is 17.6 Å². The van der Waals surface area contributed by atoms with E-state index in [-0.39, 0.29) is 12.2 Å². The molecule has 0 bridgehead atoms. The molecular formula is C15H15FN2O3. The summed E-state index contributed by atoms with van der Waals surface area (Å²) in [6.07, 6.45) is 0. The summed E-state index contributed by atoms with van der Waals surface area (Å²) in [6, 6.07) is 7.41. The Labute approximate surface area is 121 Å². The highest BCUT2D eigenvalue weighted by Gasteiger charge is 2.14. The molecule has 2 amide bonds. The van der Waals surface area contributed by atoms with E-state index in [0.717, 1.165) is 0 Å². The minimum Gasteiger partial charge on any atom is -0.466 e. The summed E-state index contributed by atoms with van der Waals surface area (Å²) in [7, 11) is 0. The summed E-state index contributed by atoms with van der Waals surface area (Å²) < 4.78 is 18.6. The zero-order chi connectivity index (χ0) is 15.4. The quantitative estimate of drug-likeness (QED) is 0.908. The van der Waals surface area contributed by atoms with Crippen LogP contribution in [-0.4, -0.2) is 18.4 Å². The number of hydrogen-bond acceptors (Lipinski definition) is 3. The minimum absolute atomic E-state index is 0.0760. The smallest absolute Gasteiger partial charge is 0.255 e. The Bertz CT molecular complexity index is 679. The third kappa shape index (κ3) is 3.68. The largest absolute Gasteiger partial charge is 0.466 e. The summed E-state index contributed by atoms with van der Waals surface area (Å²) >= 11 is 0. The fraction of sp³-hybridized carbons (Fsp3) is 0.200. The maximum absolute atomic E-state index is 13.4. The molecule has 0 saturated heterocycles. The van der Waals surface area contributed by atoms with Crippen LogP contribution in [0, 0.1) is 19.7 Å². The highest BCUT2D eigenvalue weighted by Crippen LogP contribution is 2.13. The van der Waals surface area contributed by atoms with Gasteiger partial charge < -0.3 is 15.1 Å². The number of nitrogens with one attached hydrogen (secondary N) is 2. The first-order valence-electron chi connectivity index (χ1n) is 6.37. The van der Waals surface area contributed by atoms with Gasteiger partial charge in [0.25, 0.3) is 5.91 Å². The van der Waals surface area contributed by atoms with Crippen LogP contribution in [-0.2, 0) is 4.79 Å². The van der Waals surface area contributed by atoms with Crippen LogP contribution in [0.4, 0.5) is 10.1 Å². The molecule has 6 heteroatoms. The lowest BCUT2D eigenvalue weighted by Crippen LogP contribution is -2.33. The van der Waals surface area contributed by atoms with Gasteiger partial charge in [-0.1, -0.05) is 12.1 Å². The molecule has 2 rings (SSSR count). The van der Waals surface area contributed by atoms with Gasteiger partial charge in [-0.2, -0.15) is 0 Å². The molecule has 0 fully saturated rings. The molecule has 0 unspecified atom stereocenters. The maximum Gasteiger partial charge on any atom is 0.255 e. The molecule has 110 valence electrons. The second-order valence-electron chi connectivity index (χ2n) is 4.54. The summed E-state index contributed by atoms with van der Waals surface area (Å²) in [5, 5.41) is 4.84. The van der Waals surface area contributed by atoms with Crippen molar-refractivity contribution >= 4 is 17.5 Å². The van der Waals surface area contributed by atoms with E-state index in [1.807, 2.05) is 0 Å². The van der Waals surface area contributed by atoms with Gasteiger partial charge in [-0.25, -0.2) is 4.39 Å². The Morgan fingerprint density at radius 2 is 1.95 bits per heavy atom. The molecule has 0 radical (unpaired) electrons. The standard InChI is InChI=1S/C15H15FN2O3/c1-9-7-11(10(2)21-9)15(20)17-8-14(19)18-13-6-4-3-5-12(13)16/h3-7H,8H2,1-2H3,(H,17,20)(H,18,19). The van der Waals surface area contributed by atoms with Gasteiger partial charge in [-0.3, -0.25) is 9.59 Å². The van der Waals surface area contributed by atoms with Gasteiger partial charge in [-0.05, 0) is 32.0 Å². The molecule has 0 saturated carbocycles. The number of hydrogen-bond donors (Lipinski definition) is 2. The number of halogens is 1. The molecule has 1 aromatic heterocycles. The van der Waals surface area contributed by atoms with Crippen molar-refractivity contribution in [2.75, 3.05) is 11.9 Å². The molecular weight excluding hydrogens is 275 g/mol. The Hall–Kier alpha value is -2.63. The van der Waals surface area contributed by atoms with Gasteiger partial charge in [0.2, 0.25) is 5.91 Å². The van der Waals surface area contributed by atoms with Crippen molar-refractivity contribution in [2.45, 2.75) is 13.8 Å². The fourth-order valence-electron chi connectivity index (χ4n) is 1.87. The first-order valence-corrected chi connectivity index (χ1v) is 6.37. The van der Waals surface area contributed by atoms with E-state index in [1.54, 1.807) is 26.0 Å². The first-order chi connectivity index (χ1) is 9.97. The van der Waals surface area contributed by atoms with Crippen LogP contribution in [0.15, 0.2) is 34.7 Å². The number of benzene rings is 1. The Morgan fingerprint density at radius 3 is 2.57 bits per heavy atom. The molecule has 0 aliphatic carbocycles. The summed E-state index contributed by atoms with van der Waals surface area (Å²) in [5.41, 5.74) is 0.457. The van der Waals surface area contributed by atoms with Crippen molar-refractivity contribution in [3.8, 4) is 0 Å². The SMILES string of the molecule is Cc1cc(C(=O)NCC(=O)Nc2ccccc2F)c(C)o1. The molecule has 0 aliphatic rings. The number of para-hydroxylation sites is 1. The van der Waals surface area contributed by atoms with E-state index in [1.165, 1.54) is 18.2 Å². The lowest BCUT2D eigenvalue weighted by atomic mass is 10.2. The van der Waals surface area contributed by atoms with Crippen molar-refractivity contribution in [3.05, 3.63) is 53.2 Å². The van der Waals surface area contributed by atoms with Crippen molar-refractivity contribution in [1.29, 1.82) is 0 Å². The molecule has 1 heterocycles. The Morgan fingerprint density at radius 1 is 1.24 bits per heavy atom. The van der Waals surface area contributed by atoms with Crippen molar-refractivity contribution in [3.63, 3.8) is 0 Å². The third-order valence-corrected chi connectivity index (χ3v) is 2.84. The van der Waals surface area contributed by atoms with E-state index in [0.29, 0.717) is 17.1 Å². The number of rotatable bonds is 4. The molecule has 2 N–H and O–H groups in total. The first kappa shape index (κ1) is 14.8. The number of anilines is 1. The van der Waals surface area contributed by atoms with E-state index in [4.69, 9.17) is 4.42 Å². The summed E-state index contributed by atoms with van der Waals surface area (Å²) in [6.45, 7) is 3.15. The van der Waals surface area contributed by atoms with Gasteiger partial charge in [0, 0.05) is 0 Å². The Kier molecular flexibility index (Phi) is 4.37. The van der Waals surface area contributed by atoms with Crippen LogP contribution in [0.25, 0.3) is 0 Å². The number of carbonyl (C=O) groups excluding carboxylic acids is 2. The van der Waals surface area contributed by atoms with Gasteiger partial charge in [0.05, 0.1) is 17.8 Å². The zero-order valence-electron chi connectivity index (χ0n) is 11.7.